The molecule has 2 aliphatic carbocycles. The van der Waals surface area contributed by atoms with Gasteiger partial charge < -0.3 is 14.6 Å². The van der Waals surface area contributed by atoms with Gasteiger partial charge in [0.2, 0.25) is 21.8 Å². The second-order valence-corrected chi connectivity index (χ2v) is 19.4. The number of hydrogen-bond donors (Lipinski definition) is 3. The Morgan fingerprint density at radius 2 is 1.27 bits per heavy atom. The summed E-state index contributed by atoms with van der Waals surface area (Å²) in [6.07, 6.45) is 7.98. The van der Waals surface area contributed by atoms with Gasteiger partial charge in [0.25, 0.3) is 15.9 Å². The Kier molecular flexibility index (Phi) is 17.4. The zero-order valence-corrected chi connectivity index (χ0v) is 42.8. The Bertz CT molecular complexity index is 3070. The van der Waals surface area contributed by atoms with E-state index in [1.165, 1.54) is 88.9 Å². The number of pyridine rings is 2. The Labute approximate surface area is 422 Å². The van der Waals surface area contributed by atoms with E-state index < -0.39 is 31.9 Å². The van der Waals surface area contributed by atoms with Gasteiger partial charge in [-0.15, -0.1) is 10.2 Å². The summed E-state index contributed by atoms with van der Waals surface area (Å²) in [6.45, 7) is 12.2. The summed E-state index contributed by atoms with van der Waals surface area (Å²) in [6, 6.07) is 21.7. The van der Waals surface area contributed by atoms with E-state index in [0.29, 0.717) is 47.9 Å². The average molecular weight is 1210 g/mol. The number of nitrogens with zero attached hydrogens (tertiary/aromatic N) is 8. The third-order valence-electron chi connectivity index (χ3n) is 9.90. The van der Waals surface area contributed by atoms with E-state index in [0.717, 1.165) is 12.8 Å². The third kappa shape index (κ3) is 14.9. The van der Waals surface area contributed by atoms with Gasteiger partial charge in [-0.2, -0.15) is 5.26 Å². The number of amides is 1. The molecular formula is C42H39BCl2N10O9S2U. The van der Waals surface area contributed by atoms with Crippen molar-refractivity contribution in [2.24, 2.45) is 16.0 Å². The van der Waals surface area contributed by atoms with Crippen LogP contribution in [0.1, 0.15) is 65.8 Å². The maximum absolute atomic E-state index is 12.5. The number of nitriles is 1. The van der Waals surface area contributed by atoms with Crippen LogP contribution in [0, 0.1) is 59.8 Å². The number of sulfonamides is 2. The molecule has 2 radical (unpaired) electrons. The van der Waals surface area contributed by atoms with Gasteiger partial charge in [-0.05, 0) is 75.5 Å². The Morgan fingerprint density at radius 1 is 0.821 bits per heavy atom. The van der Waals surface area contributed by atoms with Crippen molar-refractivity contribution in [3.8, 4) is 29.5 Å². The first-order valence-corrected chi connectivity index (χ1v) is 23.0. The van der Waals surface area contributed by atoms with Gasteiger partial charge in [-0.1, -0.05) is 61.3 Å². The summed E-state index contributed by atoms with van der Waals surface area (Å²) >= 11 is 12.0. The first-order chi connectivity index (χ1) is 31.7. The molecule has 1 amide bonds. The smallest absolute Gasteiger partial charge is 0.338 e. The molecule has 6 aromatic rings. The number of nitrogens with one attached hydrogen (secondary N) is 1. The molecule has 0 bridgehead atoms. The molecule has 2 fully saturated rings. The van der Waals surface area contributed by atoms with Crippen LogP contribution >= 0.6 is 23.2 Å². The number of aromatic carboxylic acids is 1. The molecule has 19 nitrogen and oxygen atoms in total. The maximum atomic E-state index is 12.5. The minimum Gasteiger partial charge on any atom is -0.478 e. The summed E-state index contributed by atoms with van der Waals surface area (Å²) in [5.74, 6) is -0.289. The monoisotopic (exact) mass is 1210 g/mol. The minimum atomic E-state index is -4.15. The number of hydrogen-bond acceptors (Lipinski definition) is 13. The fourth-order valence-electron chi connectivity index (χ4n) is 5.32. The standard InChI is InChI=1S/C21H18ClN5O4S.C14H14ClN3O3.C7H6N2O2S.BH.U/c1-21(9-10-21)13-31-18-8-11-27(25-18)17-7-6-16(19(22)24-17)20(28)26-32(29,30)15-4-2-14(12-23)3-5-15;1-14(5-6-14)8-21-11-4-7-18(17-11)10-3-2-9(13(19)20)12(15)16-10;1-9-6-2-4-7(5-3-6)12(8,10)11;;/h2-8,11H,9-10,13H2,1H3,(H,26,28);2-4,7H,5-6,8H2,1H3,(H,19,20);2-5H,(H2,8,10,11);1H;/i;;;1D;. The van der Waals surface area contributed by atoms with Gasteiger partial charge in [0, 0.05) is 74.8 Å². The largest absolute Gasteiger partial charge is 0.478 e. The second-order valence-electron chi connectivity index (χ2n) is 15.4. The molecule has 2 aromatic carbocycles. The van der Waals surface area contributed by atoms with E-state index in [1.807, 2.05) is 10.8 Å². The van der Waals surface area contributed by atoms with E-state index in [9.17, 15) is 26.4 Å². The molecule has 0 aliphatic heterocycles. The molecule has 2 aliphatic rings. The number of carbonyl (C=O) groups is 2. The maximum Gasteiger partial charge on any atom is 0.338 e. The zero-order valence-electron chi connectivity index (χ0n) is 36.5. The number of ether oxygens (including phenoxy) is 2. The van der Waals surface area contributed by atoms with Gasteiger partial charge in [0.05, 0.1) is 52.3 Å². The molecule has 25 heteroatoms. The molecule has 4 aromatic heterocycles. The second kappa shape index (κ2) is 22.4. The van der Waals surface area contributed by atoms with Crippen LogP contribution in [0.25, 0.3) is 16.5 Å². The van der Waals surface area contributed by atoms with Crippen LogP contribution in [0.4, 0.5) is 5.69 Å². The normalized spacial score (nSPS) is 13.8. The van der Waals surface area contributed by atoms with Gasteiger partial charge in [0.1, 0.15) is 10.3 Å². The zero-order chi connectivity index (χ0) is 49.2. The molecular weight excluding hydrogens is 1170 g/mol. The molecule has 0 saturated heterocycles. The number of carbonyl (C=O) groups excluding carboxylic acids is 1. The van der Waals surface area contributed by atoms with E-state index in [1.54, 1.807) is 30.6 Å². The molecule has 0 unspecified atom stereocenters. The molecule has 344 valence electrons. The van der Waals surface area contributed by atoms with E-state index in [4.69, 9.17) is 56.1 Å². The number of carboxylic acids is 1. The molecule has 4 heterocycles. The number of aromatic nitrogens is 6. The Hall–Kier alpha value is -5.76. The van der Waals surface area contributed by atoms with Crippen LogP contribution in [0.5, 0.6) is 11.8 Å². The Balaban J connectivity index is 0.000000240. The average Bonchev–Trinajstić information content (AvgIpc) is 4.07. The number of benzene rings is 2. The van der Waals surface area contributed by atoms with Crippen molar-refractivity contribution in [2.75, 3.05) is 13.2 Å². The molecule has 2 saturated carbocycles. The Morgan fingerprint density at radius 3 is 1.66 bits per heavy atom. The predicted molar refractivity (Wildman–Crippen MR) is 242 cm³/mol. The van der Waals surface area contributed by atoms with Crippen molar-refractivity contribution in [3.05, 3.63) is 136 Å². The minimum absolute atomic E-state index is 0. The van der Waals surface area contributed by atoms with Crippen molar-refractivity contribution in [2.45, 2.75) is 49.3 Å². The van der Waals surface area contributed by atoms with E-state index in [2.05, 4.69) is 47.2 Å². The van der Waals surface area contributed by atoms with Crippen LogP contribution in [-0.4, -0.2) is 86.3 Å². The fourth-order valence-corrected chi connectivity index (χ4v) is 7.27. The molecule has 4 N–H and O–H groups in total. The fraction of sp³-hybridized carbons (Fsp3) is 0.238. The molecule has 8 rings (SSSR count). The van der Waals surface area contributed by atoms with Crippen LogP contribution in [-0.2, 0) is 20.0 Å². The van der Waals surface area contributed by atoms with Gasteiger partial charge in [0.15, 0.2) is 17.3 Å². The summed E-state index contributed by atoms with van der Waals surface area (Å²) < 4.78 is 67.9. The van der Waals surface area contributed by atoms with Gasteiger partial charge in [-0.3, -0.25) is 4.79 Å². The first kappa shape index (κ1) is 52.2. The van der Waals surface area contributed by atoms with E-state index >= 15 is 0 Å². The summed E-state index contributed by atoms with van der Waals surface area (Å²) in [5.41, 5.74) is 1.05. The van der Waals surface area contributed by atoms with E-state index in [-0.39, 0.29) is 73.2 Å². The summed E-state index contributed by atoms with van der Waals surface area (Å²) in [4.78, 5) is 34.5. The summed E-state index contributed by atoms with van der Waals surface area (Å²) in [7, 11) is -4.03. The molecule has 67 heavy (non-hydrogen) atoms. The SMILES string of the molecule is CC1(COc2ccn(-c3ccc(C(=O)NS(=O)(=O)c4ccc(C#N)cc4)c(Cl)n3)n2)CC1.CC1(COc2ccn(-c3ccc(C(=O)O)c(Cl)n3)n2)CC1.[2H][B].[C-]#[N+]c1ccc(S(N)(=O)=O)cc1.[U]. The predicted octanol–water partition coefficient (Wildman–Crippen LogP) is 6.12. The van der Waals surface area contributed by atoms with Crippen molar-refractivity contribution >= 4 is 69.2 Å². The van der Waals surface area contributed by atoms with Crippen molar-refractivity contribution in [1.29, 1.82) is 6.60 Å². The number of rotatable bonds is 13. The van der Waals surface area contributed by atoms with Crippen LogP contribution in [0.2, 0.25) is 10.3 Å². The van der Waals surface area contributed by atoms with Crippen LogP contribution < -0.4 is 19.3 Å². The van der Waals surface area contributed by atoms with Crippen molar-refractivity contribution < 1.29 is 72.1 Å². The molecule has 0 atom stereocenters. The quantitative estimate of drug-likeness (QED) is 0.0668. The topological polar surface area (TPSA) is 269 Å². The molecule has 0 spiro atoms. The number of halogens is 2. The number of nitrogens with two attached hydrogens (primary N) is 1. The van der Waals surface area contributed by atoms with Crippen LogP contribution in [0.15, 0.2) is 107 Å². The third-order valence-corrected chi connectivity index (χ3v) is 12.8. The summed E-state index contributed by atoms with van der Waals surface area (Å²) in [5, 5.41) is 30.9. The van der Waals surface area contributed by atoms with Gasteiger partial charge in [-0.25, -0.2) is 55.7 Å². The van der Waals surface area contributed by atoms with Gasteiger partial charge >= 0.3 is 5.97 Å². The number of carboxylic acid groups (broad SMARTS) is 1. The number of primary sulfonamides is 1. The van der Waals surface area contributed by atoms with Crippen molar-refractivity contribution in [3.63, 3.8) is 0 Å². The van der Waals surface area contributed by atoms with Crippen LogP contribution in [0.3, 0.4) is 0 Å². The van der Waals surface area contributed by atoms with Crippen molar-refractivity contribution in [1.82, 2.24) is 34.3 Å². The first-order valence-electron chi connectivity index (χ1n) is 19.8.